The van der Waals surface area contributed by atoms with E-state index in [0.717, 1.165) is 38.0 Å². The molecule has 2 heterocycles. The van der Waals surface area contributed by atoms with Crippen molar-refractivity contribution in [3.8, 4) is 0 Å². The summed E-state index contributed by atoms with van der Waals surface area (Å²) in [5.41, 5.74) is -0.217. The van der Waals surface area contributed by atoms with Crippen LogP contribution in [0.3, 0.4) is 0 Å². The number of hydrogen-bond donors (Lipinski definition) is 1. The van der Waals surface area contributed by atoms with E-state index in [2.05, 4.69) is 37.9 Å². The molecule has 2 saturated heterocycles. The van der Waals surface area contributed by atoms with Crippen LogP contribution in [-0.4, -0.2) is 37.0 Å². The Labute approximate surface area is 130 Å². The summed E-state index contributed by atoms with van der Waals surface area (Å²) >= 11 is 0. The van der Waals surface area contributed by atoms with Crippen molar-refractivity contribution in [3.05, 3.63) is 0 Å². The fourth-order valence-electron chi connectivity index (χ4n) is 4.04. The van der Waals surface area contributed by atoms with Gasteiger partial charge in [0.15, 0.2) is 0 Å². The van der Waals surface area contributed by atoms with Crippen LogP contribution in [0.4, 0.5) is 0 Å². The van der Waals surface area contributed by atoms with Gasteiger partial charge >= 0.3 is 0 Å². The van der Waals surface area contributed by atoms with Crippen LogP contribution in [0.5, 0.6) is 0 Å². The predicted octanol–water partition coefficient (Wildman–Crippen LogP) is 3.30. The zero-order chi connectivity index (χ0) is 15.5. The minimum Gasteiger partial charge on any atom is -0.342 e. The highest BCUT2D eigenvalue weighted by Gasteiger charge is 2.40. The molecule has 2 aliphatic heterocycles. The highest BCUT2D eigenvalue weighted by atomic mass is 16.2. The molecule has 2 rings (SSSR count). The Balaban J connectivity index is 1.98. The molecule has 2 unspecified atom stereocenters. The molecular weight excluding hydrogens is 260 g/mol. The largest absolute Gasteiger partial charge is 0.342 e. The maximum Gasteiger partial charge on any atom is 0.228 e. The van der Waals surface area contributed by atoms with Crippen molar-refractivity contribution in [3.63, 3.8) is 0 Å². The molecule has 3 nitrogen and oxygen atoms in total. The van der Waals surface area contributed by atoms with Crippen molar-refractivity contribution in [2.24, 2.45) is 23.2 Å². The monoisotopic (exact) mass is 294 g/mol. The molecule has 2 aliphatic rings. The number of nitrogens with one attached hydrogen (secondary N) is 1. The van der Waals surface area contributed by atoms with Gasteiger partial charge in [0.1, 0.15) is 0 Å². The van der Waals surface area contributed by atoms with Crippen molar-refractivity contribution < 1.29 is 4.79 Å². The van der Waals surface area contributed by atoms with Crippen LogP contribution in [0.1, 0.15) is 59.8 Å². The third kappa shape index (κ3) is 4.00. The molecule has 0 spiro atoms. The highest BCUT2D eigenvalue weighted by Crippen LogP contribution is 2.35. The minimum atomic E-state index is -0.217. The molecule has 3 heteroatoms. The Hall–Kier alpha value is -0.570. The maximum atomic E-state index is 13.0. The fourth-order valence-corrected chi connectivity index (χ4v) is 4.04. The number of amides is 1. The van der Waals surface area contributed by atoms with E-state index in [1.165, 1.54) is 32.1 Å². The van der Waals surface area contributed by atoms with Gasteiger partial charge in [0.2, 0.25) is 5.91 Å². The molecule has 0 radical (unpaired) electrons. The normalized spacial score (nSPS) is 28.5. The van der Waals surface area contributed by atoms with Crippen LogP contribution in [0, 0.1) is 23.2 Å². The van der Waals surface area contributed by atoms with Crippen molar-refractivity contribution >= 4 is 5.91 Å². The van der Waals surface area contributed by atoms with Gasteiger partial charge in [-0.3, -0.25) is 4.79 Å². The Morgan fingerprint density at radius 2 is 1.90 bits per heavy atom. The summed E-state index contributed by atoms with van der Waals surface area (Å²) in [7, 11) is 0. The molecule has 0 bridgehead atoms. The molecule has 122 valence electrons. The Morgan fingerprint density at radius 3 is 2.52 bits per heavy atom. The average molecular weight is 294 g/mol. The molecular formula is C18H34N2O. The topological polar surface area (TPSA) is 32.3 Å². The molecule has 0 aromatic rings. The van der Waals surface area contributed by atoms with E-state index >= 15 is 0 Å². The van der Waals surface area contributed by atoms with Gasteiger partial charge in [-0.05, 0) is 62.9 Å². The first-order chi connectivity index (χ1) is 9.93. The smallest absolute Gasteiger partial charge is 0.228 e. The summed E-state index contributed by atoms with van der Waals surface area (Å²) in [4.78, 5) is 15.2. The van der Waals surface area contributed by atoms with Gasteiger partial charge in [0.05, 0.1) is 0 Å². The number of piperidine rings is 1. The van der Waals surface area contributed by atoms with Gasteiger partial charge in [0.25, 0.3) is 0 Å². The molecule has 0 aromatic heterocycles. The molecule has 0 saturated carbocycles. The second kappa shape index (κ2) is 7.13. The quantitative estimate of drug-likeness (QED) is 0.866. The number of likely N-dealkylation sites (tertiary alicyclic amines) is 1. The van der Waals surface area contributed by atoms with Crippen LogP contribution in [-0.2, 0) is 4.79 Å². The second-order valence-corrected chi connectivity index (χ2v) is 7.99. The first-order valence-corrected chi connectivity index (χ1v) is 8.93. The van der Waals surface area contributed by atoms with Gasteiger partial charge in [-0.25, -0.2) is 0 Å². The summed E-state index contributed by atoms with van der Waals surface area (Å²) in [6.07, 6.45) is 6.04. The number of nitrogens with zero attached hydrogens (tertiary/aromatic N) is 1. The lowest BCUT2D eigenvalue weighted by atomic mass is 9.74. The lowest BCUT2D eigenvalue weighted by Gasteiger charge is -2.39. The Morgan fingerprint density at radius 1 is 1.14 bits per heavy atom. The zero-order valence-electron chi connectivity index (χ0n) is 14.5. The van der Waals surface area contributed by atoms with Gasteiger partial charge in [-0.2, -0.15) is 0 Å². The maximum absolute atomic E-state index is 13.0. The predicted molar refractivity (Wildman–Crippen MR) is 88.1 cm³/mol. The van der Waals surface area contributed by atoms with Crippen LogP contribution >= 0.6 is 0 Å². The number of hydrogen-bond acceptors (Lipinski definition) is 2. The van der Waals surface area contributed by atoms with Gasteiger partial charge in [-0.15, -0.1) is 0 Å². The van der Waals surface area contributed by atoms with E-state index in [9.17, 15) is 4.79 Å². The highest BCUT2D eigenvalue weighted by molar-refractivity contribution is 5.82. The van der Waals surface area contributed by atoms with Crippen LogP contribution in [0.15, 0.2) is 0 Å². The van der Waals surface area contributed by atoms with E-state index in [1.54, 1.807) is 0 Å². The summed E-state index contributed by atoms with van der Waals surface area (Å²) in [6.45, 7) is 13.0. The van der Waals surface area contributed by atoms with Crippen molar-refractivity contribution in [2.75, 3.05) is 26.2 Å². The van der Waals surface area contributed by atoms with E-state index < -0.39 is 0 Å². The van der Waals surface area contributed by atoms with Crippen LogP contribution in [0.25, 0.3) is 0 Å². The summed E-state index contributed by atoms with van der Waals surface area (Å²) in [6, 6.07) is 0. The number of carbonyl (C=O) groups excluding carboxylic acids is 1. The van der Waals surface area contributed by atoms with Crippen LogP contribution < -0.4 is 5.32 Å². The lowest BCUT2D eigenvalue weighted by molar-refractivity contribution is -0.143. The number of carbonyl (C=O) groups is 1. The number of rotatable bonds is 3. The SMILES string of the molecule is CC(C)C1CCCN(C(=O)C(C)(C)C2CCCNC2)CC1. The summed E-state index contributed by atoms with van der Waals surface area (Å²) in [5.74, 6) is 2.42. The van der Waals surface area contributed by atoms with Crippen molar-refractivity contribution in [2.45, 2.75) is 59.8 Å². The Kier molecular flexibility index (Phi) is 5.70. The fraction of sp³-hybridized carbons (Fsp3) is 0.944. The van der Waals surface area contributed by atoms with E-state index in [4.69, 9.17) is 0 Å². The molecule has 21 heavy (non-hydrogen) atoms. The van der Waals surface area contributed by atoms with E-state index in [1.807, 2.05) is 0 Å². The second-order valence-electron chi connectivity index (χ2n) is 7.99. The molecule has 0 aromatic carbocycles. The van der Waals surface area contributed by atoms with E-state index in [0.29, 0.717) is 11.8 Å². The van der Waals surface area contributed by atoms with Gasteiger partial charge < -0.3 is 10.2 Å². The first-order valence-electron chi connectivity index (χ1n) is 8.93. The lowest BCUT2D eigenvalue weighted by Crippen LogP contribution is -2.49. The molecule has 1 N–H and O–H groups in total. The average Bonchev–Trinajstić information content (AvgIpc) is 2.73. The third-order valence-electron chi connectivity index (χ3n) is 5.87. The van der Waals surface area contributed by atoms with Gasteiger partial charge in [-0.1, -0.05) is 27.7 Å². The standard InChI is InChI=1S/C18H34N2O/c1-14(2)15-7-6-11-20(12-9-15)17(21)18(3,4)16-8-5-10-19-13-16/h14-16,19H,5-13H2,1-4H3. The molecule has 2 fully saturated rings. The third-order valence-corrected chi connectivity index (χ3v) is 5.87. The van der Waals surface area contributed by atoms with Crippen molar-refractivity contribution in [1.29, 1.82) is 0 Å². The Bertz CT molecular complexity index is 345. The molecule has 1 amide bonds. The summed E-state index contributed by atoms with van der Waals surface area (Å²) in [5, 5.41) is 3.46. The van der Waals surface area contributed by atoms with Crippen molar-refractivity contribution in [1.82, 2.24) is 10.2 Å². The van der Waals surface area contributed by atoms with Crippen LogP contribution in [0.2, 0.25) is 0 Å². The van der Waals surface area contributed by atoms with Gasteiger partial charge in [0, 0.05) is 18.5 Å². The minimum absolute atomic E-state index is 0.217. The zero-order valence-corrected chi connectivity index (χ0v) is 14.5. The summed E-state index contributed by atoms with van der Waals surface area (Å²) < 4.78 is 0. The first kappa shape index (κ1) is 16.8. The molecule has 2 atom stereocenters. The molecule has 0 aliphatic carbocycles. The van der Waals surface area contributed by atoms with E-state index in [-0.39, 0.29) is 5.41 Å².